The van der Waals surface area contributed by atoms with Crippen LogP contribution in [0.3, 0.4) is 0 Å². The number of rotatable bonds is 7. The van der Waals surface area contributed by atoms with Gasteiger partial charge in [0.15, 0.2) is 0 Å². The SMILES string of the molecule is CCC(CO)(CCCN1CCOCC1C)NC. The number of aliphatic hydroxyl groups excluding tert-OH is 1. The first kappa shape index (κ1) is 14.9. The van der Waals surface area contributed by atoms with Crippen molar-refractivity contribution in [3.05, 3.63) is 0 Å². The van der Waals surface area contributed by atoms with E-state index in [4.69, 9.17) is 4.74 Å². The lowest BCUT2D eigenvalue weighted by Gasteiger charge is -2.35. The topological polar surface area (TPSA) is 44.7 Å². The third kappa shape index (κ3) is 4.21. The van der Waals surface area contributed by atoms with Crippen LogP contribution in [0.1, 0.15) is 33.1 Å². The van der Waals surface area contributed by atoms with Crippen molar-refractivity contribution in [1.29, 1.82) is 0 Å². The average molecular weight is 244 g/mol. The molecular formula is C13H28N2O2. The fraction of sp³-hybridized carbons (Fsp3) is 1.00. The molecular weight excluding hydrogens is 216 g/mol. The van der Waals surface area contributed by atoms with E-state index >= 15 is 0 Å². The number of hydrogen-bond donors (Lipinski definition) is 2. The molecule has 1 rings (SSSR count). The Kier molecular flexibility index (Phi) is 6.41. The van der Waals surface area contributed by atoms with E-state index < -0.39 is 0 Å². The summed E-state index contributed by atoms with van der Waals surface area (Å²) in [7, 11) is 1.94. The maximum Gasteiger partial charge on any atom is 0.0619 e. The zero-order chi connectivity index (χ0) is 12.7. The highest BCUT2D eigenvalue weighted by Gasteiger charge is 2.25. The molecule has 0 aromatic rings. The second-order valence-electron chi connectivity index (χ2n) is 5.11. The summed E-state index contributed by atoms with van der Waals surface area (Å²) >= 11 is 0. The number of nitrogens with one attached hydrogen (secondary N) is 1. The van der Waals surface area contributed by atoms with Gasteiger partial charge in [-0.2, -0.15) is 0 Å². The highest BCUT2D eigenvalue weighted by atomic mass is 16.5. The van der Waals surface area contributed by atoms with Crippen LogP contribution in [-0.4, -0.2) is 61.5 Å². The van der Waals surface area contributed by atoms with E-state index in [1.807, 2.05) is 7.05 Å². The van der Waals surface area contributed by atoms with Gasteiger partial charge in [-0.15, -0.1) is 0 Å². The third-order valence-corrected chi connectivity index (χ3v) is 4.12. The van der Waals surface area contributed by atoms with Gasteiger partial charge in [0.1, 0.15) is 0 Å². The first-order valence-electron chi connectivity index (χ1n) is 6.79. The summed E-state index contributed by atoms with van der Waals surface area (Å²) in [6.45, 7) is 8.42. The predicted molar refractivity (Wildman–Crippen MR) is 70.3 cm³/mol. The first-order valence-corrected chi connectivity index (χ1v) is 6.79. The van der Waals surface area contributed by atoms with E-state index in [1.54, 1.807) is 0 Å². The van der Waals surface area contributed by atoms with Crippen molar-refractivity contribution >= 4 is 0 Å². The number of ether oxygens (including phenoxy) is 1. The van der Waals surface area contributed by atoms with Crippen molar-refractivity contribution in [1.82, 2.24) is 10.2 Å². The van der Waals surface area contributed by atoms with Gasteiger partial charge in [-0.05, 0) is 39.8 Å². The molecule has 1 aliphatic heterocycles. The normalized spacial score (nSPS) is 25.8. The second kappa shape index (κ2) is 7.31. The molecule has 4 nitrogen and oxygen atoms in total. The molecule has 1 fully saturated rings. The van der Waals surface area contributed by atoms with E-state index in [1.165, 1.54) is 0 Å². The summed E-state index contributed by atoms with van der Waals surface area (Å²) in [5.41, 5.74) is -0.0878. The summed E-state index contributed by atoms with van der Waals surface area (Å²) in [6, 6.07) is 0.531. The molecule has 0 bridgehead atoms. The summed E-state index contributed by atoms with van der Waals surface area (Å²) in [5.74, 6) is 0. The van der Waals surface area contributed by atoms with Crippen molar-refractivity contribution < 1.29 is 9.84 Å². The first-order chi connectivity index (χ1) is 8.17. The van der Waals surface area contributed by atoms with E-state index in [-0.39, 0.29) is 12.1 Å². The maximum absolute atomic E-state index is 9.47. The molecule has 0 saturated carbocycles. The molecule has 102 valence electrons. The minimum Gasteiger partial charge on any atom is -0.394 e. The Morgan fingerprint density at radius 1 is 1.53 bits per heavy atom. The van der Waals surface area contributed by atoms with Gasteiger partial charge in [0.05, 0.1) is 19.8 Å². The van der Waals surface area contributed by atoms with E-state index in [9.17, 15) is 5.11 Å². The fourth-order valence-corrected chi connectivity index (χ4v) is 2.46. The molecule has 2 unspecified atom stereocenters. The maximum atomic E-state index is 9.47. The number of likely N-dealkylation sites (N-methyl/N-ethyl adjacent to an activating group) is 1. The quantitative estimate of drug-likeness (QED) is 0.697. The highest BCUT2D eigenvalue weighted by molar-refractivity contribution is 4.85. The molecule has 2 atom stereocenters. The van der Waals surface area contributed by atoms with Gasteiger partial charge in [0.25, 0.3) is 0 Å². The van der Waals surface area contributed by atoms with Crippen LogP contribution in [0, 0.1) is 0 Å². The molecule has 17 heavy (non-hydrogen) atoms. The fourth-order valence-electron chi connectivity index (χ4n) is 2.46. The smallest absolute Gasteiger partial charge is 0.0619 e. The highest BCUT2D eigenvalue weighted by Crippen LogP contribution is 2.17. The molecule has 4 heteroatoms. The molecule has 0 radical (unpaired) electrons. The second-order valence-corrected chi connectivity index (χ2v) is 5.11. The Labute approximate surface area is 105 Å². The summed E-state index contributed by atoms with van der Waals surface area (Å²) in [4.78, 5) is 2.48. The van der Waals surface area contributed by atoms with Gasteiger partial charge in [0.2, 0.25) is 0 Å². The minimum absolute atomic E-state index is 0.0878. The van der Waals surface area contributed by atoms with Crippen LogP contribution in [0.25, 0.3) is 0 Å². The molecule has 1 heterocycles. The summed E-state index contributed by atoms with van der Waals surface area (Å²) in [5, 5.41) is 12.7. The molecule has 2 N–H and O–H groups in total. The van der Waals surface area contributed by atoms with Gasteiger partial charge in [-0.3, -0.25) is 4.90 Å². The lowest BCUT2D eigenvalue weighted by molar-refractivity contribution is -0.00229. The lowest BCUT2D eigenvalue weighted by Crippen LogP contribution is -2.48. The van der Waals surface area contributed by atoms with Gasteiger partial charge >= 0.3 is 0 Å². The monoisotopic (exact) mass is 244 g/mol. The largest absolute Gasteiger partial charge is 0.394 e. The van der Waals surface area contributed by atoms with E-state index in [0.29, 0.717) is 6.04 Å². The standard InChI is InChI=1S/C13H28N2O2/c1-4-13(11-16,14-3)6-5-7-15-8-9-17-10-12(15)2/h12,14,16H,4-11H2,1-3H3. The van der Waals surface area contributed by atoms with Crippen LogP contribution in [0.15, 0.2) is 0 Å². The summed E-state index contributed by atoms with van der Waals surface area (Å²) in [6.07, 6.45) is 3.12. The molecule has 0 amide bonds. The van der Waals surface area contributed by atoms with Crippen LogP contribution >= 0.6 is 0 Å². The molecule has 0 aromatic heterocycles. The number of morpholine rings is 1. The summed E-state index contributed by atoms with van der Waals surface area (Å²) < 4.78 is 5.43. The van der Waals surface area contributed by atoms with Crippen molar-refractivity contribution in [2.24, 2.45) is 0 Å². The van der Waals surface area contributed by atoms with Crippen LogP contribution in [-0.2, 0) is 4.74 Å². The number of nitrogens with zero attached hydrogens (tertiary/aromatic N) is 1. The van der Waals surface area contributed by atoms with Crippen molar-refractivity contribution in [3.8, 4) is 0 Å². The Hall–Kier alpha value is -0.160. The van der Waals surface area contributed by atoms with Gasteiger partial charge in [-0.25, -0.2) is 0 Å². The third-order valence-electron chi connectivity index (χ3n) is 4.12. The molecule has 0 aromatic carbocycles. The van der Waals surface area contributed by atoms with Crippen LogP contribution in [0.4, 0.5) is 0 Å². The Balaban J connectivity index is 2.30. The molecule has 1 saturated heterocycles. The van der Waals surface area contributed by atoms with E-state index in [0.717, 1.165) is 45.6 Å². The van der Waals surface area contributed by atoms with Gasteiger partial charge in [0, 0.05) is 18.1 Å². The van der Waals surface area contributed by atoms with Crippen molar-refractivity contribution in [2.75, 3.05) is 40.0 Å². The lowest BCUT2D eigenvalue weighted by atomic mass is 9.91. The Morgan fingerprint density at radius 2 is 2.29 bits per heavy atom. The number of aliphatic hydroxyl groups is 1. The average Bonchev–Trinajstić information content (AvgIpc) is 2.37. The Morgan fingerprint density at radius 3 is 2.82 bits per heavy atom. The van der Waals surface area contributed by atoms with Gasteiger partial charge in [-0.1, -0.05) is 6.92 Å². The van der Waals surface area contributed by atoms with Gasteiger partial charge < -0.3 is 15.2 Å². The van der Waals surface area contributed by atoms with Crippen LogP contribution < -0.4 is 5.32 Å². The predicted octanol–water partition coefficient (Wildman–Crippen LogP) is 0.848. The zero-order valence-corrected chi connectivity index (χ0v) is 11.5. The van der Waals surface area contributed by atoms with Crippen molar-refractivity contribution in [3.63, 3.8) is 0 Å². The van der Waals surface area contributed by atoms with E-state index in [2.05, 4.69) is 24.1 Å². The molecule has 0 aliphatic carbocycles. The molecule has 0 spiro atoms. The van der Waals surface area contributed by atoms with Crippen LogP contribution in [0.5, 0.6) is 0 Å². The van der Waals surface area contributed by atoms with Crippen molar-refractivity contribution in [2.45, 2.75) is 44.7 Å². The molecule has 1 aliphatic rings. The number of hydrogen-bond acceptors (Lipinski definition) is 4. The Bertz CT molecular complexity index is 199. The minimum atomic E-state index is -0.0878. The van der Waals surface area contributed by atoms with Crippen LogP contribution in [0.2, 0.25) is 0 Å². The zero-order valence-electron chi connectivity index (χ0n) is 11.5.